The predicted octanol–water partition coefficient (Wildman–Crippen LogP) is 4.01. The van der Waals surface area contributed by atoms with Crippen molar-refractivity contribution in [2.24, 2.45) is 5.41 Å². The number of amides is 1. The molecule has 10 heteroatoms. The van der Waals surface area contributed by atoms with Gasteiger partial charge in [-0.05, 0) is 54.0 Å². The molecule has 3 aromatic rings. The molecule has 0 spiro atoms. The average Bonchev–Trinajstić information content (AvgIpc) is 3.41. The third-order valence-electron chi connectivity index (χ3n) is 5.99. The summed E-state index contributed by atoms with van der Waals surface area (Å²) < 4.78 is 10.8. The number of furan rings is 1. The largest absolute Gasteiger partial charge is 0.505 e. The first kappa shape index (κ1) is 23.6. The molecule has 34 heavy (non-hydrogen) atoms. The summed E-state index contributed by atoms with van der Waals surface area (Å²) in [6.07, 6.45) is 0. The van der Waals surface area contributed by atoms with Crippen molar-refractivity contribution in [3.05, 3.63) is 47.4 Å². The van der Waals surface area contributed by atoms with E-state index in [0.29, 0.717) is 24.6 Å². The summed E-state index contributed by atoms with van der Waals surface area (Å²) in [5, 5.41) is 25.2. The summed E-state index contributed by atoms with van der Waals surface area (Å²) in [6.45, 7) is 11.0. The fourth-order valence-electron chi connectivity index (χ4n) is 3.95. The lowest BCUT2D eigenvalue weighted by atomic mass is 9.85. The number of piperazine rings is 1. The van der Waals surface area contributed by atoms with Gasteiger partial charge in [-0.2, -0.15) is 0 Å². The van der Waals surface area contributed by atoms with Crippen LogP contribution in [0.3, 0.4) is 0 Å². The predicted molar refractivity (Wildman–Crippen MR) is 128 cm³/mol. The zero-order valence-electron chi connectivity index (χ0n) is 20.3. The Balaban J connectivity index is 1.55. The lowest BCUT2D eigenvalue weighted by Gasteiger charge is -2.32. The van der Waals surface area contributed by atoms with Crippen LogP contribution < -0.4 is 10.6 Å². The molecule has 1 aliphatic heterocycles. The average molecular weight is 469 g/mol. The zero-order chi connectivity index (χ0) is 24.5. The monoisotopic (exact) mass is 468 g/mol. The van der Waals surface area contributed by atoms with Crippen molar-refractivity contribution in [1.82, 2.24) is 20.1 Å². The number of rotatable bonds is 6. The highest BCUT2D eigenvalue weighted by atomic mass is 16.6. The van der Waals surface area contributed by atoms with E-state index in [1.807, 2.05) is 26.1 Å². The van der Waals surface area contributed by atoms with E-state index in [2.05, 4.69) is 46.6 Å². The van der Waals surface area contributed by atoms with Crippen molar-refractivity contribution < 1.29 is 18.9 Å². The number of benzene rings is 1. The maximum atomic E-state index is 13.0. The maximum absolute atomic E-state index is 13.0. The number of carbonyl (C=O) groups excluding carboxylic acids is 1. The lowest BCUT2D eigenvalue weighted by Crippen LogP contribution is -2.47. The molecule has 1 aliphatic rings. The van der Waals surface area contributed by atoms with Crippen LogP contribution in [0, 0.1) is 12.3 Å². The molecule has 3 heterocycles. The molecule has 0 radical (unpaired) electrons. The quantitative estimate of drug-likeness (QED) is 0.461. The van der Waals surface area contributed by atoms with Crippen LogP contribution in [0.2, 0.25) is 0 Å². The second-order valence-corrected chi connectivity index (χ2v) is 9.78. The number of phenols is 1. The van der Waals surface area contributed by atoms with Gasteiger partial charge in [0.15, 0.2) is 5.75 Å². The van der Waals surface area contributed by atoms with E-state index < -0.39 is 0 Å². The van der Waals surface area contributed by atoms with Crippen LogP contribution in [-0.4, -0.2) is 64.4 Å². The standard InChI is InChI=1S/C24H32N6O4/c1-15-9-10-18(33-15)20(24(2,3)4)26-22-21(27-34-28-22)25-17-8-6-7-16(19(17)31)23(32)30-13-11-29(5)12-14-30/h6-10,20,31H,11-14H2,1-5H3,(H,25,27)(H,26,28)/t20-/m0/s1. The van der Waals surface area contributed by atoms with Gasteiger partial charge in [0.25, 0.3) is 5.91 Å². The number of likely N-dealkylation sites (N-methyl/N-ethyl adjacent to an activating group) is 1. The van der Waals surface area contributed by atoms with E-state index in [4.69, 9.17) is 9.05 Å². The molecular formula is C24H32N6O4. The van der Waals surface area contributed by atoms with Crippen LogP contribution in [0.25, 0.3) is 0 Å². The van der Waals surface area contributed by atoms with E-state index in [1.54, 1.807) is 23.1 Å². The molecule has 1 aromatic carbocycles. The number of hydrogen-bond donors (Lipinski definition) is 3. The van der Waals surface area contributed by atoms with Crippen molar-refractivity contribution in [3.63, 3.8) is 0 Å². The van der Waals surface area contributed by atoms with Gasteiger partial charge in [-0.3, -0.25) is 4.79 Å². The van der Waals surface area contributed by atoms with Gasteiger partial charge in [0.05, 0.1) is 17.3 Å². The van der Waals surface area contributed by atoms with Crippen molar-refractivity contribution in [1.29, 1.82) is 0 Å². The van der Waals surface area contributed by atoms with Gasteiger partial charge in [-0.1, -0.05) is 26.8 Å². The molecular weight excluding hydrogens is 436 g/mol. The molecule has 1 atom stereocenters. The third-order valence-corrected chi connectivity index (χ3v) is 5.99. The van der Waals surface area contributed by atoms with Gasteiger partial charge in [0.2, 0.25) is 11.6 Å². The highest BCUT2D eigenvalue weighted by Crippen LogP contribution is 2.39. The Labute approximate surface area is 198 Å². The first-order valence-electron chi connectivity index (χ1n) is 11.4. The van der Waals surface area contributed by atoms with E-state index in [0.717, 1.165) is 24.6 Å². The van der Waals surface area contributed by atoms with Crippen LogP contribution >= 0.6 is 0 Å². The number of nitrogens with zero attached hydrogens (tertiary/aromatic N) is 4. The molecule has 1 amide bonds. The Morgan fingerprint density at radius 1 is 1.09 bits per heavy atom. The fourth-order valence-corrected chi connectivity index (χ4v) is 3.95. The number of carbonyl (C=O) groups is 1. The van der Waals surface area contributed by atoms with E-state index in [1.165, 1.54) is 0 Å². The minimum absolute atomic E-state index is 0.144. The molecule has 0 aliphatic carbocycles. The van der Waals surface area contributed by atoms with Crippen LogP contribution in [0.15, 0.2) is 39.4 Å². The van der Waals surface area contributed by atoms with Crippen molar-refractivity contribution in [2.45, 2.75) is 33.7 Å². The lowest BCUT2D eigenvalue weighted by molar-refractivity contribution is 0.0661. The SMILES string of the molecule is Cc1ccc([C@H](Nc2nonc2Nc2cccc(C(=O)N3CCN(C)CC3)c2O)C(C)(C)C)o1. The van der Waals surface area contributed by atoms with Crippen molar-refractivity contribution >= 4 is 23.2 Å². The first-order chi connectivity index (χ1) is 16.1. The Bertz CT molecular complexity index is 1140. The van der Waals surface area contributed by atoms with E-state index in [9.17, 15) is 9.90 Å². The van der Waals surface area contributed by atoms with Crippen LogP contribution in [0.1, 0.15) is 48.7 Å². The smallest absolute Gasteiger partial charge is 0.257 e. The summed E-state index contributed by atoms with van der Waals surface area (Å²) in [5.41, 5.74) is 0.358. The molecule has 0 bridgehead atoms. The maximum Gasteiger partial charge on any atom is 0.257 e. The van der Waals surface area contributed by atoms with Gasteiger partial charge >= 0.3 is 0 Å². The summed E-state index contributed by atoms with van der Waals surface area (Å²) in [4.78, 5) is 16.9. The highest BCUT2D eigenvalue weighted by molar-refractivity contribution is 5.99. The van der Waals surface area contributed by atoms with Crippen LogP contribution in [0.5, 0.6) is 5.75 Å². The van der Waals surface area contributed by atoms with Gasteiger partial charge in [0, 0.05) is 26.2 Å². The molecule has 1 saturated heterocycles. The minimum Gasteiger partial charge on any atom is -0.505 e. The Kier molecular flexibility index (Phi) is 6.52. The molecule has 182 valence electrons. The van der Waals surface area contributed by atoms with Crippen molar-refractivity contribution in [3.8, 4) is 5.75 Å². The van der Waals surface area contributed by atoms with E-state index in [-0.39, 0.29) is 34.5 Å². The second-order valence-electron chi connectivity index (χ2n) is 9.78. The molecule has 2 aromatic heterocycles. The number of nitrogens with one attached hydrogen (secondary N) is 2. The number of anilines is 3. The molecule has 1 fully saturated rings. The molecule has 0 unspecified atom stereocenters. The first-order valence-corrected chi connectivity index (χ1v) is 11.4. The highest BCUT2D eigenvalue weighted by Gasteiger charge is 2.31. The molecule has 3 N–H and O–H groups in total. The number of aromatic hydroxyl groups is 1. The Morgan fingerprint density at radius 3 is 2.44 bits per heavy atom. The van der Waals surface area contributed by atoms with Gasteiger partial charge < -0.3 is 30.0 Å². The fraction of sp³-hybridized carbons (Fsp3) is 0.458. The van der Waals surface area contributed by atoms with E-state index >= 15 is 0 Å². The zero-order valence-corrected chi connectivity index (χ0v) is 20.3. The summed E-state index contributed by atoms with van der Waals surface area (Å²) in [5.74, 6) is 1.89. The normalized spacial score (nSPS) is 15.9. The number of aromatic nitrogens is 2. The van der Waals surface area contributed by atoms with Gasteiger partial charge in [0.1, 0.15) is 11.5 Å². The Hall–Kier alpha value is -3.53. The Morgan fingerprint density at radius 2 is 1.79 bits per heavy atom. The molecule has 0 saturated carbocycles. The second kappa shape index (κ2) is 9.38. The number of phenolic OH excluding ortho intramolecular Hbond substituents is 1. The van der Waals surface area contributed by atoms with Crippen molar-refractivity contribution in [2.75, 3.05) is 43.9 Å². The molecule has 10 nitrogen and oxygen atoms in total. The third kappa shape index (κ3) is 5.01. The summed E-state index contributed by atoms with van der Waals surface area (Å²) in [7, 11) is 2.03. The van der Waals surface area contributed by atoms with Gasteiger partial charge in [-0.15, -0.1) is 0 Å². The topological polar surface area (TPSA) is 120 Å². The summed E-state index contributed by atoms with van der Waals surface area (Å²) in [6, 6.07) is 8.64. The van der Waals surface area contributed by atoms with Crippen LogP contribution in [0.4, 0.5) is 17.3 Å². The summed E-state index contributed by atoms with van der Waals surface area (Å²) >= 11 is 0. The van der Waals surface area contributed by atoms with Crippen LogP contribution in [-0.2, 0) is 0 Å². The minimum atomic E-state index is -0.215. The van der Waals surface area contributed by atoms with Gasteiger partial charge in [-0.25, -0.2) is 4.63 Å². The number of aryl methyl sites for hydroxylation is 1. The number of para-hydroxylation sites is 1. The number of hydrogen-bond acceptors (Lipinski definition) is 9. The molecule has 4 rings (SSSR count).